The Kier molecular flexibility index (Phi) is 7.16. The Balaban J connectivity index is 1.00. The quantitative estimate of drug-likeness (QED) is 0.176. The fourth-order valence-corrected chi connectivity index (χ4v) is 8.66. The molecule has 3 aromatic heterocycles. The third-order valence-corrected chi connectivity index (χ3v) is 11.4. The molecule has 0 aliphatic heterocycles. The Morgan fingerprint density at radius 1 is 0.328 bits per heavy atom. The zero-order chi connectivity index (χ0) is 38.2. The van der Waals surface area contributed by atoms with Crippen LogP contribution in [0.25, 0.3) is 116 Å². The third-order valence-electron chi connectivity index (χ3n) is 11.4. The average molecular weight is 741 g/mol. The van der Waals surface area contributed by atoms with Gasteiger partial charge in [0.15, 0.2) is 17.5 Å². The van der Waals surface area contributed by atoms with E-state index in [-0.39, 0.29) is 0 Å². The number of benzene rings is 9. The highest BCUT2D eigenvalue weighted by Crippen LogP contribution is 2.42. The number of aromatic nitrogens is 4. The van der Waals surface area contributed by atoms with Crippen LogP contribution in [-0.4, -0.2) is 19.5 Å². The van der Waals surface area contributed by atoms with Crippen molar-refractivity contribution in [2.75, 3.05) is 0 Å². The summed E-state index contributed by atoms with van der Waals surface area (Å²) in [7, 11) is 0. The first-order valence-corrected chi connectivity index (χ1v) is 19.5. The minimum absolute atomic E-state index is 0.587. The highest BCUT2D eigenvalue weighted by molar-refractivity contribution is 6.28. The number of rotatable bonds is 5. The first-order valence-electron chi connectivity index (χ1n) is 19.5. The Morgan fingerprint density at radius 2 is 0.828 bits per heavy atom. The topological polar surface area (TPSA) is 56.7 Å². The summed E-state index contributed by atoms with van der Waals surface area (Å²) in [6.45, 7) is 0. The molecule has 270 valence electrons. The molecule has 3 heterocycles. The third kappa shape index (κ3) is 5.14. The normalized spacial score (nSPS) is 11.8. The van der Waals surface area contributed by atoms with Gasteiger partial charge in [0.25, 0.3) is 0 Å². The van der Waals surface area contributed by atoms with E-state index in [1.54, 1.807) is 0 Å². The molecule has 0 amide bonds. The Hall–Kier alpha value is -7.89. The van der Waals surface area contributed by atoms with Gasteiger partial charge in [-0.25, -0.2) is 15.0 Å². The molecule has 12 aromatic rings. The largest absolute Gasteiger partial charge is 0.456 e. The average Bonchev–Trinajstić information content (AvgIpc) is 3.85. The van der Waals surface area contributed by atoms with Gasteiger partial charge in [-0.1, -0.05) is 152 Å². The molecule has 0 saturated heterocycles. The second-order valence-electron chi connectivity index (χ2n) is 14.8. The Bertz CT molecular complexity index is 3460. The van der Waals surface area contributed by atoms with Crippen molar-refractivity contribution in [1.82, 2.24) is 19.5 Å². The van der Waals surface area contributed by atoms with Crippen molar-refractivity contribution in [3.05, 3.63) is 194 Å². The lowest BCUT2D eigenvalue weighted by atomic mass is 10.00. The van der Waals surface area contributed by atoms with Gasteiger partial charge in [0.2, 0.25) is 0 Å². The lowest BCUT2D eigenvalue weighted by molar-refractivity contribution is 0.669. The summed E-state index contributed by atoms with van der Waals surface area (Å²) in [6.07, 6.45) is 0. The van der Waals surface area contributed by atoms with Gasteiger partial charge < -0.3 is 8.98 Å². The number of hydrogen-bond donors (Lipinski definition) is 0. The van der Waals surface area contributed by atoms with E-state index in [4.69, 9.17) is 19.4 Å². The van der Waals surface area contributed by atoms with E-state index in [2.05, 4.69) is 162 Å². The highest BCUT2D eigenvalue weighted by Gasteiger charge is 2.19. The molecule has 58 heavy (non-hydrogen) atoms. The molecule has 0 spiro atoms. The second kappa shape index (κ2) is 12.8. The van der Waals surface area contributed by atoms with Crippen LogP contribution in [0.15, 0.2) is 199 Å². The van der Waals surface area contributed by atoms with Crippen LogP contribution in [-0.2, 0) is 0 Å². The van der Waals surface area contributed by atoms with Gasteiger partial charge in [-0.15, -0.1) is 0 Å². The molecule has 5 nitrogen and oxygen atoms in total. The van der Waals surface area contributed by atoms with Gasteiger partial charge in [-0.3, -0.25) is 0 Å². The van der Waals surface area contributed by atoms with Crippen LogP contribution in [0, 0.1) is 0 Å². The zero-order valence-corrected chi connectivity index (χ0v) is 31.2. The number of fused-ring (bicyclic) bond motifs is 10. The first kappa shape index (κ1) is 32.4. The van der Waals surface area contributed by atoms with E-state index in [0.29, 0.717) is 17.5 Å². The molecule has 0 aliphatic carbocycles. The fraction of sp³-hybridized carbons (Fsp3) is 0. The fourth-order valence-electron chi connectivity index (χ4n) is 8.66. The first-order chi connectivity index (χ1) is 28.7. The molecular formula is C53H32N4O. The van der Waals surface area contributed by atoms with Gasteiger partial charge in [0.05, 0.1) is 11.0 Å². The molecule has 5 heteroatoms. The van der Waals surface area contributed by atoms with Crippen molar-refractivity contribution in [3.8, 4) is 51.0 Å². The minimum Gasteiger partial charge on any atom is -0.456 e. The molecule has 0 atom stereocenters. The summed E-state index contributed by atoms with van der Waals surface area (Å²) in [5.41, 5.74) is 10.0. The van der Waals surface area contributed by atoms with Crippen molar-refractivity contribution >= 4 is 65.3 Å². The predicted molar refractivity (Wildman–Crippen MR) is 238 cm³/mol. The van der Waals surface area contributed by atoms with Crippen molar-refractivity contribution in [1.29, 1.82) is 0 Å². The number of hydrogen-bond acceptors (Lipinski definition) is 4. The SMILES string of the molecule is c1ccc(-c2ccc(-c3nc(-c4ccccc4)nc(-c4ccc5c(c4)oc4ccc(-n6c7ccc8ccccc8c7c7c8ccccc8ccc76)cc45)n3)cc2)cc1. The van der Waals surface area contributed by atoms with Crippen LogP contribution in [0.2, 0.25) is 0 Å². The van der Waals surface area contributed by atoms with Crippen LogP contribution in [0.3, 0.4) is 0 Å². The summed E-state index contributed by atoms with van der Waals surface area (Å²) in [5.74, 6) is 1.82. The van der Waals surface area contributed by atoms with E-state index in [1.807, 2.05) is 36.4 Å². The van der Waals surface area contributed by atoms with Gasteiger partial charge in [-0.05, 0) is 75.1 Å². The summed E-state index contributed by atoms with van der Waals surface area (Å²) in [4.78, 5) is 15.0. The van der Waals surface area contributed by atoms with Gasteiger partial charge in [-0.2, -0.15) is 0 Å². The van der Waals surface area contributed by atoms with Crippen LogP contribution in [0.5, 0.6) is 0 Å². The molecule has 0 fully saturated rings. The van der Waals surface area contributed by atoms with E-state index < -0.39 is 0 Å². The van der Waals surface area contributed by atoms with E-state index in [0.717, 1.165) is 49.9 Å². The van der Waals surface area contributed by atoms with Gasteiger partial charge in [0, 0.05) is 43.9 Å². The van der Waals surface area contributed by atoms with E-state index in [9.17, 15) is 0 Å². The monoisotopic (exact) mass is 740 g/mol. The van der Waals surface area contributed by atoms with Gasteiger partial charge in [0.1, 0.15) is 11.2 Å². The second-order valence-corrected chi connectivity index (χ2v) is 14.8. The summed E-state index contributed by atoms with van der Waals surface area (Å²) >= 11 is 0. The number of furan rings is 1. The molecule has 12 rings (SSSR count). The molecule has 0 saturated carbocycles. The van der Waals surface area contributed by atoms with Crippen LogP contribution in [0.4, 0.5) is 0 Å². The summed E-state index contributed by atoms with van der Waals surface area (Å²) in [5, 5.41) is 9.59. The molecule has 0 unspecified atom stereocenters. The lowest BCUT2D eigenvalue weighted by Gasteiger charge is -2.09. The van der Waals surface area contributed by atoms with Crippen LogP contribution < -0.4 is 0 Å². The summed E-state index contributed by atoms with van der Waals surface area (Å²) in [6, 6.07) is 68.0. The van der Waals surface area contributed by atoms with Crippen LogP contribution >= 0.6 is 0 Å². The maximum Gasteiger partial charge on any atom is 0.164 e. The van der Waals surface area contributed by atoms with Crippen molar-refractivity contribution in [3.63, 3.8) is 0 Å². The van der Waals surface area contributed by atoms with Crippen molar-refractivity contribution in [2.24, 2.45) is 0 Å². The maximum atomic E-state index is 6.58. The molecule has 0 aliphatic rings. The van der Waals surface area contributed by atoms with Crippen molar-refractivity contribution in [2.45, 2.75) is 0 Å². The number of nitrogens with zero attached hydrogens (tertiary/aromatic N) is 4. The Labute approximate surface area is 333 Å². The van der Waals surface area contributed by atoms with Crippen LogP contribution in [0.1, 0.15) is 0 Å². The minimum atomic E-state index is 0.587. The highest BCUT2D eigenvalue weighted by atomic mass is 16.3. The van der Waals surface area contributed by atoms with E-state index >= 15 is 0 Å². The molecule has 0 bridgehead atoms. The van der Waals surface area contributed by atoms with Crippen molar-refractivity contribution < 1.29 is 4.42 Å². The lowest BCUT2D eigenvalue weighted by Crippen LogP contribution is -2.00. The molecule has 9 aromatic carbocycles. The summed E-state index contributed by atoms with van der Waals surface area (Å²) < 4.78 is 8.98. The molecular weight excluding hydrogens is 709 g/mol. The van der Waals surface area contributed by atoms with E-state index in [1.165, 1.54) is 48.9 Å². The molecule has 0 N–H and O–H groups in total. The molecule has 0 radical (unpaired) electrons. The maximum absolute atomic E-state index is 6.58. The smallest absolute Gasteiger partial charge is 0.164 e. The van der Waals surface area contributed by atoms with Gasteiger partial charge >= 0.3 is 0 Å². The zero-order valence-electron chi connectivity index (χ0n) is 31.2. The Morgan fingerprint density at radius 3 is 1.47 bits per heavy atom. The standard InChI is InChI=1S/C53H32N4O/c1-3-11-33(12-4-1)34-19-21-38(22-20-34)52-54-51(37-15-5-2-6-16-37)55-53(56-52)39-23-27-43-44-32-40(26-30-47(44)58-48(43)31-39)57-45-28-24-35-13-7-9-17-41(35)49(45)50-42-18-10-8-14-36(42)25-29-46(50)57/h1-32H. The predicted octanol–water partition coefficient (Wildman–Crippen LogP) is 13.8.